The van der Waals surface area contributed by atoms with E-state index in [2.05, 4.69) is 50.8 Å². The summed E-state index contributed by atoms with van der Waals surface area (Å²) in [7, 11) is 0. The lowest BCUT2D eigenvalue weighted by Crippen LogP contribution is -2.56. The van der Waals surface area contributed by atoms with Crippen LogP contribution >= 0.6 is 0 Å². The van der Waals surface area contributed by atoms with E-state index in [-0.39, 0.29) is 11.6 Å². The molecule has 118 valence electrons. The lowest BCUT2D eigenvalue weighted by molar-refractivity contribution is -0.0329. The predicted molar refractivity (Wildman–Crippen MR) is 89.7 cm³/mol. The highest BCUT2D eigenvalue weighted by Crippen LogP contribution is 2.29. The van der Waals surface area contributed by atoms with Crippen LogP contribution in [0.5, 0.6) is 0 Å². The number of likely N-dealkylation sites (tertiary alicyclic amines) is 1. The van der Waals surface area contributed by atoms with Gasteiger partial charge in [-0.15, -0.1) is 0 Å². The maximum Gasteiger partial charge on any atom is 0.0761 e. The molecule has 1 aliphatic rings. The lowest BCUT2D eigenvalue weighted by Gasteiger charge is -2.46. The summed E-state index contributed by atoms with van der Waals surface area (Å²) in [5, 5.41) is 10.9. The van der Waals surface area contributed by atoms with E-state index in [1.165, 1.54) is 36.0 Å². The number of nitrogens with zero attached hydrogens (tertiary/aromatic N) is 1. The Kier molecular flexibility index (Phi) is 5.45. The molecule has 0 radical (unpaired) electrons. The first-order valence-corrected chi connectivity index (χ1v) is 8.46. The fourth-order valence-corrected chi connectivity index (χ4v) is 3.52. The van der Waals surface area contributed by atoms with Crippen molar-refractivity contribution in [2.45, 2.75) is 71.4 Å². The van der Waals surface area contributed by atoms with Crippen molar-refractivity contribution in [1.82, 2.24) is 4.90 Å². The molecular weight excluding hydrogens is 258 g/mol. The molecule has 2 atom stereocenters. The molecule has 0 spiro atoms. The minimum atomic E-state index is -0.305. The SMILES string of the molecule is CCC(C)(C(O)Cc1cc(C)ccc1C)N1CCCCC1. The number of benzene rings is 1. The molecule has 2 nitrogen and oxygen atoms in total. The summed E-state index contributed by atoms with van der Waals surface area (Å²) < 4.78 is 0. The standard InChI is InChI=1S/C19H31NO/c1-5-19(4,20-11-7-6-8-12-20)18(21)14-17-13-15(2)9-10-16(17)3/h9-10,13,18,21H,5-8,11-12,14H2,1-4H3. The van der Waals surface area contributed by atoms with Crippen molar-refractivity contribution < 1.29 is 5.11 Å². The highest BCUT2D eigenvalue weighted by molar-refractivity contribution is 5.31. The van der Waals surface area contributed by atoms with E-state index in [1.807, 2.05) is 0 Å². The second kappa shape index (κ2) is 6.93. The van der Waals surface area contributed by atoms with Crippen molar-refractivity contribution in [2.24, 2.45) is 0 Å². The van der Waals surface area contributed by atoms with Crippen LogP contribution in [0, 0.1) is 13.8 Å². The first kappa shape index (κ1) is 16.5. The number of hydrogen-bond acceptors (Lipinski definition) is 2. The monoisotopic (exact) mass is 289 g/mol. The van der Waals surface area contributed by atoms with Crippen molar-refractivity contribution in [1.29, 1.82) is 0 Å². The van der Waals surface area contributed by atoms with Gasteiger partial charge in [0.05, 0.1) is 6.10 Å². The van der Waals surface area contributed by atoms with Gasteiger partial charge in [-0.05, 0) is 64.3 Å². The smallest absolute Gasteiger partial charge is 0.0761 e. The molecule has 1 saturated heterocycles. The number of hydrogen-bond donors (Lipinski definition) is 1. The molecule has 2 heteroatoms. The van der Waals surface area contributed by atoms with Crippen molar-refractivity contribution >= 4 is 0 Å². The van der Waals surface area contributed by atoms with E-state index in [1.54, 1.807) is 0 Å². The van der Waals surface area contributed by atoms with Gasteiger partial charge in [-0.1, -0.05) is 37.1 Å². The molecule has 1 aliphatic heterocycles. The lowest BCUT2D eigenvalue weighted by atomic mass is 9.83. The first-order valence-electron chi connectivity index (χ1n) is 8.46. The van der Waals surface area contributed by atoms with Gasteiger partial charge >= 0.3 is 0 Å². The Morgan fingerprint density at radius 3 is 2.48 bits per heavy atom. The Bertz CT molecular complexity index is 465. The van der Waals surface area contributed by atoms with Crippen LogP contribution in [0.2, 0.25) is 0 Å². The fraction of sp³-hybridized carbons (Fsp3) is 0.684. The second-order valence-electron chi connectivity index (χ2n) is 6.91. The Balaban J connectivity index is 2.15. The van der Waals surface area contributed by atoms with Crippen LogP contribution in [0.15, 0.2) is 18.2 Å². The number of aliphatic hydroxyl groups excluding tert-OH is 1. The average molecular weight is 289 g/mol. The van der Waals surface area contributed by atoms with Gasteiger partial charge in [0, 0.05) is 12.0 Å². The van der Waals surface area contributed by atoms with Crippen molar-refractivity contribution in [3.05, 3.63) is 34.9 Å². The van der Waals surface area contributed by atoms with Crippen molar-refractivity contribution in [2.75, 3.05) is 13.1 Å². The summed E-state index contributed by atoms with van der Waals surface area (Å²) in [6.07, 6.45) is 5.33. The summed E-state index contributed by atoms with van der Waals surface area (Å²) in [4.78, 5) is 2.52. The van der Waals surface area contributed by atoms with Crippen LogP contribution in [0.3, 0.4) is 0 Å². The molecule has 1 aromatic carbocycles. The average Bonchev–Trinajstić information content (AvgIpc) is 2.51. The van der Waals surface area contributed by atoms with Crippen LogP contribution in [-0.2, 0) is 6.42 Å². The minimum Gasteiger partial charge on any atom is -0.391 e. The Hall–Kier alpha value is -0.860. The summed E-state index contributed by atoms with van der Waals surface area (Å²) >= 11 is 0. The van der Waals surface area contributed by atoms with E-state index in [9.17, 15) is 5.11 Å². The van der Waals surface area contributed by atoms with Gasteiger partial charge in [-0.2, -0.15) is 0 Å². The predicted octanol–water partition coefficient (Wildman–Crippen LogP) is 3.86. The molecule has 2 unspecified atom stereocenters. The third kappa shape index (κ3) is 3.67. The van der Waals surface area contributed by atoms with Crippen LogP contribution in [0.1, 0.15) is 56.2 Å². The third-order valence-electron chi connectivity index (χ3n) is 5.43. The summed E-state index contributed by atoms with van der Waals surface area (Å²) in [5.74, 6) is 0. The molecular formula is C19H31NO. The molecule has 21 heavy (non-hydrogen) atoms. The van der Waals surface area contributed by atoms with Gasteiger partial charge in [0.15, 0.2) is 0 Å². The first-order chi connectivity index (χ1) is 9.97. The quantitative estimate of drug-likeness (QED) is 0.889. The van der Waals surface area contributed by atoms with E-state index < -0.39 is 0 Å². The van der Waals surface area contributed by atoms with E-state index in [0.29, 0.717) is 0 Å². The van der Waals surface area contributed by atoms with Gasteiger partial charge in [0.1, 0.15) is 0 Å². The maximum absolute atomic E-state index is 10.9. The Morgan fingerprint density at radius 2 is 1.86 bits per heavy atom. The number of aryl methyl sites for hydroxylation is 2. The van der Waals surface area contributed by atoms with Crippen LogP contribution in [0.25, 0.3) is 0 Å². The molecule has 1 aromatic rings. The van der Waals surface area contributed by atoms with Gasteiger partial charge in [0.25, 0.3) is 0 Å². The van der Waals surface area contributed by atoms with Crippen molar-refractivity contribution in [3.8, 4) is 0 Å². The normalized spacial score (nSPS) is 21.0. The van der Waals surface area contributed by atoms with Gasteiger partial charge < -0.3 is 5.11 Å². The molecule has 0 saturated carbocycles. The number of piperidine rings is 1. The van der Waals surface area contributed by atoms with Crippen LogP contribution in [0.4, 0.5) is 0 Å². The summed E-state index contributed by atoms with van der Waals surface area (Å²) in [5.41, 5.74) is 3.76. The second-order valence-corrected chi connectivity index (χ2v) is 6.91. The fourth-order valence-electron chi connectivity index (χ4n) is 3.52. The zero-order valence-corrected chi connectivity index (χ0v) is 14.2. The summed E-state index contributed by atoms with van der Waals surface area (Å²) in [6, 6.07) is 6.54. The van der Waals surface area contributed by atoms with Gasteiger partial charge in [-0.3, -0.25) is 4.90 Å². The highest BCUT2D eigenvalue weighted by atomic mass is 16.3. The maximum atomic E-state index is 10.9. The molecule has 1 N–H and O–H groups in total. The molecule has 0 aromatic heterocycles. The minimum absolute atomic E-state index is 0.101. The van der Waals surface area contributed by atoms with E-state index in [0.717, 1.165) is 25.9 Å². The molecule has 1 fully saturated rings. The topological polar surface area (TPSA) is 23.5 Å². The molecule has 0 bridgehead atoms. The zero-order chi connectivity index (χ0) is 15.5. The zero-order valence-electron chi connectivity index (χ0n) is 14.2. The van der Waals surface area contributed by atoms with Crippen LogP contribution < -0.4 is 0 Å². The van der Waals surface area contributed by atoms with E-state index >= 15 is 0 Å². The number of aliphatic hydroxyl groups is 1. The van der Waals surface area contributed by atoms with Crippen LogP contribution in [-0.4, -0.2) is 34.7 Å². The third-order valence-corrected chi connectivity index (χ3v) is 5.43. The summed E-state index contributed by atoms with van der Waals surface area (Å²) in [6.45, 7) is 11.0. The molecule has 0 aliphatic carbocycles. The molecule has 0 amide bonds. The van der Waals surface area contributed by atoms with Gasteiger partial charge in [0.2, 0.25) is 0 Å². The van der Waals surface area contributed by atoms with E-state index in [4.69, 9.17) is 0 Å². The molecule has 2 rings (SSSR count). The van der Waals surface area contributed by atoms with Crippen molar-refractivity contribution in [3.63, 3.8) is 0 Å². The Labute approximate surface area is 130 Å². The highest BCUT2D eigenvalue weighted by Gasteiger charge is 2.37. The number of rotatable bonds is 5. The largest absolute Gasteiger partial charge is 0.391 e. The van der Waals surface area contributed by atoms with Gasteiger partial charge in [-0.25, -0.2) is 0 Å². The Morgan fingerprint density at radius 1 is 1.19 bits per heavy atom. The molecule has 1 heterocycles.